The Bertz CT molecular complexity index is 541. The summed E-state index contributed by atoms with van der Waals surface area (Å²) in [4.78, 5) is 7.25. The monoisotopic (exact) mass is 198 g/mol. The van der Waals surface area contributed by atoms with E-state index in [4.69, 9.17) is 5.53 Å². The molecule has 0 aliphatic heterocycles. The summed E-state index contributed by atoms with van der Waals surface area (Å²) in [7, 11) is 0. The van der Waals surface area contributed by atoms with Gasteiger partial charge in [-0.3, -0.25) is 4.98 Å². The molecule has 0 fully saturated rings. The molecule has 2 rings (SSSR count). The van der Waals surface area contributed by atoms with Gasteiger partial charge >= 0.3 is 0 Å². The Morgan fingerprint density at radius 2 is 2.20 bits per heavy atom. The van der Waals surface area contributed by atoms with Gasteiger partial charge in [-0.2, -0.15) is 0 Å². The van der Waals surface area contributed by atoms with Crippen LogP contribution in [-0.4, -0.2) is 4.98 Å². The molecule has 0 atom stereocenters. The van der Waals surface area contributed by atoms with Crippen LogP contribution in [0.5, 0.6) is 0 Å². The number of rotatable bonds is 2. The number of benzene rings is 1. The number of azide groups is 1. The molecule has 0 saturated carbocycles. The molecule has 2 aromatic rings. The van der Waals surface area contributed by atoms with Crippen molar-refractivity contribution in [3.05, 3.63) is 46.5 Å². The van der Waals surface area contributed by atoms with E-state index in [-0.39, 0.29) is 0 Å². The third kappa shape index (κ3) is 1.75. The fourth-order valence-corrected chi connectivity index (χ4v) is 1.54. The van der Waals surface area contributed by atoms with Gasteiger partial charge in [0.15, 0.2) is 0 Å². The number of hydrogen-bond donors (Lipinski definition) is 0. The largest absolute Gasteiger partial charge is 0.252 e. The summed E-state index contributed by atoms with van der Waals surface area (Å²) in [5.41, 5.74) is 10.8. The molecule has 0 N–H and O–H groups in total. The zero-order valence-electron chi connectivity index (χ0n) is 8.38. The fraction of sp³-hybridized carbons (Fsp3) is 0.182. The number of aryl methyl sites for hydroxylation is 1. The lowest BCUT2D eigenvalue weighted by atomic mass is 10.1. The molecule has 15 heavy (non-hydrogen) atoms. The van der Waals surface area contributed by atoms with Gasteiger partial charge in [-0.1, -0.05) is 30.2 Å². The minimum absolute atomic E-state index is 0.624. The summed E-state index contributed by atoms with van der Waals surface area (Å²) < 4.78 is 0. The van der Waals surface area contributed by atoms with Gasteiger partial charge in [0.2, 0.25) is 0 Å². The van der Waals surface area contributed by atoms with E-state index >= 15 is 0 Å². The molecule has 0 aliphatic rings. The Labute approximate surface area is 87.2 Å². The first-order valence-electron chi connectivity index (χ1n) is 4.79. The third-order valence-corrected chi connectivity index (χ3v) is 2.27. The van der Waals surface area contributed by atoms with E-state index in [0.29, 0.717) is 5.69 Å². The normalized spacial score (nSPS) is 9.93. The van der Waals surface area contributed by atoms with Crippen molar-refractivity contribution in [3.8, 4) is 0 Å². The lowest BCUT2D eigenvalue weighted by Crippen LogP contribution is -1.88. The lowest BCUT2D eigenvalue weighted by Gasteiger charge is -2.03. The summed E-state index contributed by atoms with van der Waals surface area (Å²) in [5, 5.41) is 4.64. The number of aromatic nitrogens is 1. The summed E-state index contributed by atoms with van der Waals surface area (Å²) in [6.45, 7) is 1.99. The maximum absolute atomic E-state index is 8.44. The first kappa shape index (κ1) is 9.49. The number of para-hydroxylation sites is 1. The molecule has 1 aromatic heterocycles. The fourth-order valence-electron chi connectivity index (χ4n) is 1.54. The van der Waals surface area contributed by atoms with Crippen molar-refractivity contribution in [1.29, 1.82) is 0 Å². The molecule has 1 heterocycles. The molecule has 0 radical (unpaired) electrons. The SMILES string of the molecule is CCc1nc2ccccc2cc1N=[N+]=[N-]. The Kier molecular flexibility index (Phi) is 2.52. The van der Waals surface area contributed by atoms with Crippen molar-refractivity contribution in [3.63, 3.8) is 0 Å². The Hall–Kier alpha value is -2.06. The molecule has 4 heteroatoms. The van der Waals surface area contributed by atoms with Crippen LogP contribution in [0, 0.1) is 0 Å². The van der Waals surface area contributed by atoms with Crippen molar-refractivity contribution >= 4 is 16.6 Å². The molecule has 4 nitrogen and oxygen atoms in total. The maximum Gasteiger partial charge on any atom is 0.0705 e. The van der Waals surface area contributed by atoms with E-state index in [1.54, 1.807) is 0 Å². The Morgan fingerprint density at radius 3 is 2.93 bits per heavy atom. The summed E-state index contributed by atoms with van der Waals surface area (Å²) in [5.74, 6) is 0. The smallest absolute Gasteiger partial charge is 0.0705 e. The van der Waals surface area contributed by atoms with Gasteiger partial charge in [-0.25, -0.2) is 0 Å². The first-order valence-corrected chi connectivity index (χ1v) is 4.79. The third-order valence-electron chi connectivity index (χ3n) is 2.27. The van der Waals surface area contributed by atoms with Crippen LogP contribution in [0.4, 0.5) is 5.69 Å². The van der Waals surface area contributed by atoms with E-state index < -0.39 is 0 Å². The average molecular weight is 198 g/mol. The first-order chi connectivity index (χ1) is 7.35. The molecule has 74 valence electrons. The van der Waals surface area contributed by atoms with Crippen molar-refractivity contribution in [1.82, 2.24) is 4.98 Å². The van der Waals surface area contributed by atoms with Crippen LogP contribution in [0.1, 0.15) is 12.6 Å². The van der Waals surface area contributed by atoms with Crippen molar-refractivity contribution in [2.24, 2.45) is 5.11 Å². The molecule has 0 bridgehead atoms. The van der Waals surface area contributed by atoms with E-state index in [1.807, 2.05) is 37.3 Å². The lowest BCUT2D eigenvalue weighted by molar-refractivity contribution is 1.05. The predicted octanol–water partition coefficient (Wildman–Crippen LogP) is 3.74. The zero-order chi connectivity index (χ0) is 10.7. The number of fused-ring (bicyclic) bond motifs is 1. The van der Waals surface area contributed by atoms with Gasteiger partial charge in [-0.15, -0.1) is 0 Å². The molecule has 0 saturated heterocycles. The van der Waals surface area contributed by atoms with Gasteiger partial charge in [-0.05, 0) is 24.1 Å². The van der Waals surface area contributed by atoms with Crippen molar-refractivity contribution < 1.29 is 0 Å². The molecular formula is C11H10N4. The topological polar surface area (TPSA) is 61.7 Å². The van der Waals surface area contributed by atoms with Gasteiger partial charge in [0, 0.05) is 10.3 Å². The van der Waals surface area contributed by atoms with Crippen LogP contribution in [0.3, 0.4) is 0 Å². The van der Waals surface area contributed by atoms with Crippen LogP contribution in [-0.2, 0) is 6.42 Å². The van der Waals surface area contributed by atoms with Crippen LogP contribution in [0.2, 0.25) is 0 Å². The maximum atomic E-state index is 8.44. The van der Waals surface area contributed by atoms with Gasteiger partial charge < -0.3 is 0 Å². The van der Waals surface area contributed by atoms with E-state index in [2.05, 4.69) is 15.0 Å². The Balaban J connectivity index is 2.74. The minimum Gasteiger partial charge on any atom is -0.252 e. The van der Waals surface area contributed by atoms with Gasteiger partial charge in [0.1, 0.15) is 0 Å². The van der Waals surface area contributed by atoms with Crippen LogP contribution >= 0.6 is 0 Å². The zero-order valence-corrected chi connectivity index (χ0v) is 8.38. The second-order valence-electron chi connectivity index (χ2n) is 3.19. The van der Waals surface area contributed by atoms with Crippen LogP contribution < -0.4 is 0 Å². The van der Waals surface area contributed by atoms with E-state index in [9.17, 15) is 0 Å². The highest BCUT2D eigenvalue weighted by Gasteiger charge is 2.02. The highest BCUT2D eigenvalue weighted by atomic mass is 15.1. The second kappa shape index (κ2) is 3.98. The molecule has 0 amide bonds. The molecule has 0 unspecified atom stereocenters. The Morgan fingerprint density at radius 1 is 1.40 bits per heavy atom. The molecule has 0 aliphatic carbocycles. The van der Waals surface area contributed by atoms with E-state index in [0.717, 1.165) is 23.0 Å². The van der Waals surface area contributed by atoms with Gasteiger partial charge in [0.05, 0.1) is 16.9 Å². The minimum atomic E-state index is 0.624. The molecule has 1 aromatic carbocycles. The van der Waals surface area contributed by atoms with Crippen LogP contribution in [0.15, 0.2) is 35.4 Å². The number of pyridine rings is 1. The van der Waals surface area contributed by atoms with Crippen LogP contribution in [0.25, 0.3) is 21.3 Å². The average Bonchev–Trinajstić information content (AvgIpc) is 2.28. The highest BCUT2D eigenvalue weighted by Crippen LogP contribution is 2.23. The van der Waals surface area contributed by atoms with Crippen molar-refractivity contribution in [2.45, 2.75) is 13.3 Å². The standard InChI is InChI=1S/C11H10N4/c1-2-9-11(14-15-12)7-8-5-3-4-6-10(8)13-9/h3-7H,2H2,1H3. The molecule has 0 spiro atoms. The van der Waals surface area contributed by atoms with Crippen molar-refractivity contribution in [2.75, 3.05) is 0 Å². The second-order valence-corrected chi connectivity index (χ2v) is 3.19. The molecular weight excluding hydrogens is 188 g/mol. The number of nitrogens with zero attached hydrogens (tertiary/aromatic N) is 4. The predicted molar refractivity (Wildman–Crippen MR) is 59.9 cm³/mol. The summed E-state index contributed by atoms with van der Waals surface area (Å²) >= 11 is 0. The quantitative estimate of drug-likeness (QED) is 0.412. The van der Waals surface area contributed by atoms with E-state index in [1.165, 1.54) is 0 Å². The highest BCUT2D eigenvalue weighted by molar-refractivity contribution is 5.81. The van der Waals surface area contributed by atoms with Gasteiger partial charge in [0.25, 0.3) is 0 Å². The summed E-state index contributed by atoms with van der Waals surface area (Å²) in [6, 6.07) is 9.67. The number of hydrogen-bond acceptors (Lipinski definition) is 2. The summed E-state index contributed by atoms with van der Waals surface area (Å²) in [6.07, 6.45) is 0.763.